The van der Waals surface area contributed by atoms with Crippen molar-refractivity contribution in [1.82, 2.24) is 10.2 Å². The van der Waals surface area contributed by atoms with Crippen LogP contribution in [-0.2, 0) is 11.2 Å². The summed E-state index contributed by atoms with van der Waals surface area (Å²) in [7, 11) is 0. The van der Waals surface area contributed by atoms with Gasteiger partial charge in [-0.05, 0) is 50.1 Å². The summed E-state index contributed by atoms with van der Waals surface area (Å²) in [5, 5.41) is 3.37. The zero-order chi connectivity index (χ0) is 16.3. The van der Waals surface area contributed by atoms with E-state index in [1.165, 1.54) is 18.4 Å². The van der Waals surface area contributed by atoms with Crippen molar-refractivity contribution in [2.45, 2.75) is 50.6 Å². The fraction of sp³-hybridized carbons (Fsp3) is 0.632. The molecule has 2 fully saturated rings. The number of carbonyl (C=O) groups is 1. The zero-order valence-electron chi connectivity index (χ0n) is 14.1. The van der Waals surface area contributed by atoms with E-state index in [-0.39, 0.29) is 17.5 Å². The minimum absolute atomic E-state index is 0.0975. The Morgan fingerprint density at radius 2 is 1.96 bits per heavy atom. The molecule has 1 aliphatic heterocycles. The van der Waals surface area contributed by atoms with E-state index in [4.69, 9.17) is 5.73 Å². The third kappa shape index (κ3) is 3.93. The Labute approximate surface area is 139 Å². The van der Waals surface area contributed by atoms with Crippen molar-refractivity contribution in [2.24, 2.45) is 11.7 Å². The van der Waals surface area contributed by atoms with Gasteiger partial charge in [0.2, 0.25) is 5.91 Å². The Kier molecular flexibility index (Phi) is 5.02. The molecule has 2 aliphatic rings. The first-order chi connectivity index (χ1) is 11.1. The van der Waals surface area contributed by atoms with Crippen molar-refractivity contribution in [1.29, 1.82) is 0 Å². The fourth-order valence-corrected chi connectivity index (χ4v) is 3.79. The van der Waals surface area contributed by atoms with Gasteiger partial charge in [0.1, 0.15) is 0 Å². The van der Waals surface area contributed by atoms with Crippen molar-refractivity contribution >= 4 is 5.91 Å². The lowest BCUT2D eigenvalue weighted by molar-refractivity contribution is -0.135. The monoisotopic (exact) mass is 315 g/mol. The van der Waals surface area contributed by atoms with Crippen LogP contribution in [0.5, 0.6) is 0 Å². The normalized spacial score (nSPS) is 21.9. The summed E-state index contributed by atoms with van der Waals surface area (Å²) in [4.78, 5) is 14.9. The summed E-state index contributed by atoms with van der Waals surface area (Å²) in [5.74, 6) is 0.856. The van der Waals surface area contributed by atoms with Crippen LogP contribution < -0.4 is 11.1 Å². The molecule has 1 aliphatic carbocycles. The van der Waals surface area contributed by atoms with E-state index >= 15 is 0 Å². The van der Waals surface area contributed by atoms with Gasteiger partial charge in [-0.15, -0.1) is 0 Å². The molecule has 0 radical (unpaired) electrons. The molecule has 1 saturated heterocycles. The molecular weight excluding hydrogens is 286 g/mol. The molecule has 1 heterocycles. The molecule has 4 heteroatoms. The minimum atomic E-state index is -0.119. The van der Waals surface area contributed by atoms with Crippen molar-refractivity contribution in [3.8, 4) is 0 Å². The second kappa shape index (κ2) is 7.02. The van der Waals surface area contributed by atoms with E-state index in [0.717, 1.165) is 38.9 Å². The Bertz CT molecular complexity index is 519. The molecule has 0 bridgehead atoms. The van der Waals surface area contributed by atoms with E-state index in [1.54, 1.807) is 0 Å². The van der Waals surface area contributed by atoms with Gasteiger partial charge in [0.25, 0.3) is 0 Å². The average Bonchev–Trinajstić information content (AvgIpc) is 3.34. The number of likely N-dealkylation sites (N-methyl/N-ethyl adjacent to an activating group) is 1. The largest absolute Gasteiger partial charge is 0.341 e. The Morgan fingerprint density at radius 1 is 1.30 bits per heavy atom. The van der Waals surface area contributed by atoms with Crippen LogP contribution in [0.3, 0.4) is 0 Å². The predicted octanol–water partition coefficient (Wildman–Crippen LogP) is 1.94. The Balaban J connectivity index is 1.58. The summed E-state index contributed by atoms with van der Waals surface area (Å²) in [6, 6.07) is 10.1. The van der Waals surface area contributed by atoms with Gasteiger partial charge < -0.3 is 16.0 Å². The highest BCUT2D eigenvalue weighted by molar-refractivity contribution is 5.82. The SMILES string of the molecule is CCNC(Cc1ccccc1)C(=O)N1CCC(C2(N)CC2)CC1. The summed E-state index contributed by atoms with van der Waals surface area (Å²) in [6.45, 7) is 4.59. The zero-order valence-corrected chi connectivity index (χ0v) is 14.1. The van der Waals surface area contributed by atoms with Gasteiger partial charge in [0.15, 0.2) is 0 Å². The topological polar surface area (TPSA) is 58.4 Å². The number of likely N-dealkylation sites (tertiary alicyclic amines) is 1. The molecule has 1 aromatic rings. The number of hydrogen-bond donors (Lipinski definition) is 2. The van der Waals surface area contributed by atoms with Gasteiger partial charge in [-0.3, -0.25) is 4.79 Å². The molecule has 1 unspecified atom stereocenters. The minimum Gasteiger partial charge on any atom is -0.341 e. The van der Waals surface area contributed by atoms with Crippen molar-refractivity contribution in [3.05, 3.63) is 35.9 Å². The number of nitrogens with one attached hydrogen (secondary N) is 1. The molecule has 1 atom stereocenters. The summed E-state index contributed by atoms with van der Waals surface area (Å²) >= 11 is 0. The maximum atomic E-state index is 12.9. The smallest absolute Gasteiger partial charge is 0.240 e. The van der Waals surface area contributed by atoms with Crippen LogP contribution in [0.25, 0.3) is 0 Å². The molecule has 1 amide bonds. The predicted molar refractivity (Wildman–Crippen MR) is 93.1 cm³/mol. The van der Waals surface area contributed by atoms with Gasteiger partial charge in [-0.2, -0.15) is 0 Å². The molecule has 3 rings (SSSR count). The second-order valence-electron chi connectivity index (χ2n) is 7.13. The van der Waals surface area contributed by atoms with Crippen molar-refractivity contribution in [2.75, 3.05) is 19.6 Å². The van der Waals surface area contributed by atoms with Crippen LogP contribution >= 0.6 is 0 Å². The van der Waals surface area contributed by atoms with Gasteiger partial charge in [0, 0.05) is 18.6 Å². The standard InChI is InChI=1S/C19H29N3O/c1-2-21-17(14-15-6-4-3-5-7-15)18(23)22-12-8-16(9-13-22)19(20)10-11-19/h3-7,16-17,21H,2,8-14,20H2,1H3. The maximum absolute atomic E-state index is 12.9. The molecular formula is C19H29N3O. The molecule has 126 valence electrons. The van der Waals surface area contributed by atoms with E-state index in [0.29, 0.717) is 5.92 Å². The summed E-state index contributed by atoms with van der Waals surface area (Å²) < 4.78 is 0. The van der Waals surface area contributed by atoms with Crippen LogP contribution in [0.15, 0.2) is 30.3 Å². The Morgan fingerprint density at radius 3 is 2.52 bits per heavy atom. The number of amides is 1. The number of nitrogens with two attached hydrogens (primary N) is 1. The highest BCUT2D eigenvalue weighted by atomic mass is 16.2. The number of rotatable bonds is 6. The average molecular weight is 315 g/mol. The molecule has 4 nitrogen and oxygen atoms in total. The number of nitrogens with zero attached hydrogens (tertiary/aromatic N) is 1. The Hall–Kier alpha value is -1.39. The van der Waals surface area contributed by atoms with Crippen LogP contribution in [0, 0.1) is 5.92 Å². The van der Waals surface area contributed by atoms with Crippen LogP contribution in [0.2, 0.25) is 0 Å². The third-order valence-corrected chi connectivity index (χ3v) is 5.48. The second-order valence-corrected chi connectivity index (χ2v) is 7.13. The summed E-state index contributed by atoms with van der Waals surface area (Å²) in [6.07, 6.45) is 5.21. The summed E-state index contributed by atoms with van der Waals surface area (Å²) in [5.41, 5.74) is 7.64. The first-order valence-electron chi connectivity index (χ1n) is 8.97. The molecule has 1 saturated carbocycles. The van der Waals surface area contributed by atoms with Gasteiger partial charge >= 0.3 is 0 Å². The molecule has 0 spiro atoms. The molecule has 23 heavy (non-hydrogen) atoms. The lowest BCUT2D eigenvalue weighted by Crippen LogP contribution is -2.51. The molecule has 3 N–H and O–H groups in total. The van der Waals surface area contributed by atoms with Crippen LogP contribution in [0.4, 0.5) is 0 Å². The van der Waals surface area contributed by atoms with Gasteiger partial charge in [-0.25, -0.2) is 0 Å². The third-order valence-electron chi connectivity index (χ3n) is 5.48. The quantitative estimate of drug-likeness (QED) is 0.843. The van der Waals surface area contributed by atoms with Gasteiger partial charge in [-0.1, -0.05) is 37.3 Å². The number of piperidine rings is 1. The highest BCUT2D eigenvalue weighted by Crippen LogP contribution is 2.44. The van der Waals surface area contributed by atoms with Crippen molar-refractivity contribution in [3.63, 3.8) is 0 Å². The molecule has 1 aromatic carbocycles. The fourth-order valence-electron chi connectivity index (χ4n) is 3.79. The van der Waals surface area contributed by atoms with E-state index in [9.17, 15) is 4.79 Å². The molecule has 0 aromatic heterocycles. The first-order valence-corrected chi connectivity index (χ1v) is 8.97. The van der Waals surface area contributed by atoms with E-state index in [1.807, 2.05) is 23.1 Å². The first kappa shape index (κ1) is 16.5. The van der Waals surface area contributed by atoms with Gasteiger partial charge in [0.05, 0.1) is 6.04 Å². The number of benzene rings is 1. The van der Waals surface area contributed by atoms with Crippen LogP contribution in [-0.4, -0.2) is 42.0 Å². The van der Waals surface area contributed by atoms with Crippen molar-refractivity contribution < 1.29 is 4.79 Å². The number of hydrogen-bond acceptors (Lipinski definition) is 3. The van der Waals surface area contributed by atoms with E-state index < -0.39 is 0 Å². The lowest BCUT2D eigenvalue weighted by Gasteiger charge is -2.36. The van der Waals surface area contributed by atoms with E-state index in [2.05, 4.69) is 24.4 Å². The van der Waals surface area contributed by atoms with Crippen LogP contribution in [0.1, 0.15) is 38.2 Å². The highest BCUT2D eigenvalue weighted by Gasteiger charge is 2.46. The lowest BCUT2D eigenvalue weighted by atomic mass is 9.87. The maximum Gasteiger partial charge on any atom is 0.240 e. The number of carbonyl (C=O) groups excluding carboxylic acids is 1.